The van der Waals surface area contributed by atoms with Crippen molar-refractivity contribution in [2.75, 3.05) is 11.4 Å². The fourth-order valence-corrected chi connectivity index (χ4v) is 4.93. The molecule has 0 N–H and O–H groups in total. The van der Waals surface area contributed by atoms with Gasteiger partial charge in [0.2, 0.25) is 0 Å². The number of rotatable bonds is 2. The lowest BCUT2D eigenvalue weighted by Crippen LogP contribution is -2.54. The second-order valence-corrected chi connectivity index (χ2v) is 8.11. The van der Waals surface area contributed by atoms with Gasteiger partial charge in [-0.05, 0) is 38.0 Å². The van der Waals surface area contributed by atoms with Crippen molar-refractivity contribution >= 4 is 35.1 Å². The van der Waals surface area contributed by atoms with Crippen LogP contribution >= 0.6 is 11.6 Å². The van der Waals surface area contributed by atoms with E-state index in [1.165, 1.54) is 6.07 Å². The first-order valence-electron chi connectivity index (χ1n) is 9.43. The first-order valence-corrected chi connectivity index (χ1v) is 9.81. The molecule has 3 aliphatic rings. The van der Waals surface area contributed by atoms with E-state index in [0.717, 1.165) is 4.90 Å². The fraction of sp³-hybridized carbons (Fsp3) is 0.350. The maximum Gasteiger partial charge on any atom is 0.332 e. The number of fused-ring (bicyclic) bond motifs is 5. The number of anilines is 1. The molecule has 0 aliphatic carbocycles. The van der Waals surface area contributed by atoms with Crippen molar-refractivity contribution in [2.24, 2.45) is 0 Å². The lowest BCUT2D eigenvalue weighted by molar-refractivity contribution is -0.121. The van der Waals surface area contributed by atoms with Crippen LogP contribution in [0.1, 0.15) is 33.8 Å². The van der Waals surface area contributed by atoms with Crippen molar-refractivity contribution in [3.05, 3.63) is 45.8 Å². The van der Waals surface area contributed by atoms with Gasteiger partial charge in [0.1, 0.15) is 17.9 Å². The lowest BCUT2D eigenvalue weighted by atomic mass is 10.1. The number of carbonyl (C=O) groups is 3. The SMILES string of the molecule is Cc1cc(C(=O)N2C[C@H]3CC2C2C(=O)N(c4ccc(C#N)c(Cl)c4C)C(=O)N23)no1. The maximum absolute atomic E-state index is 13.3. The highest BCUT2D eigenvalue weighted by molar-refractivity contribution is 6.33. The zero-order valence-corrected chi connectivity index (χ0v) is 16.9. The highest BCUT2D eigenvalue weighted by atomic mass is 35.5. The molecule has 3 saturated heterocycles. The van der Waals surface area contributed by atoms with Crippen LogP contribution in [0.5, 0.6) is 0 Å². The summed E-state index contributed by atoms with van der Waals surface area (Å²) in [6, 6.07) is 4.76. The summed E-state index contributed by atoms with van der Waals surface area (Å²) in [5.41, 5.74) is 1.30. The minimum Gasteiger partial charge on any atom is -0.361 e. The van der Waals surface area contributed by atoms with E-state index >= 15 is 0 Å². The zero-order valence-electron chi connectivity index (χ0n) is 16.1. The largest absolute Gasteiger partial charge is 0.361 e. The number of piperazine rings is 1. The van der Waals surface area contributed by atoms with Crippen LogP contribution < -0.4 is 4.90 Å². The average Bonchev–Trinajstić information content (AvgIpc) is 3.48. The van der Waals surface area contributed by atoms with E-state index in [9.17, 15) is 14.4 Å². The normalized spacial score (nSPS) is 24.6. The van der Waals surface area contributed by atoms with Crippen LogP contribution in [-0.2, 0) is 4.79 Å². The minimum atomic E-state index is -0.748. The van der Waals surface area contributed by atoms with Crippen LogP contribution in [0.4, 0.5) is 10.5 Å². The fourth-order valence-electron chi connectivity index (χ4n) is 4.73. The summed E-state index contributed by atoms with van der Waals surface area (Å²) in [5.74, 6) is -0.184. The van der Waals surface area contributed by atoms with Crippen molar-refractivity contribution in [1.29, 1.82) is 5.26 Å². The van der Waals surface area contributed by atoms with Crippen molar-refractivity contribution in [3.63, 3.8) is 0 Å². The number of aromatic nitrogens is 1. The number of benzene rings is 1. The maximum atomic E-state index is 13.3. The van der Waals surface area contributed by atoms with E-state index < -0.39 is 24.0 Å². The molecule has 10 heteroatoms. The number of aryl methyl sites for hydroxylation is 1. The molecule has 1 aromatic heterocycles. The molecule has 3 atom stereocenters. The van der Waals surface area contributed by atoms with Gasteiger partial charge >= 0.3 is 6.03 Å². The number of nitrogens with zero attached hydrogens (tertiary/aromatic N) is 5. The standard InChI is InChI=1S/C20H16ClN5O4/c1-9-5-13(23-30-9)18(27)24-8-12-6-15(24)17-19(28)26(20(29)25(12)17)14-4-3-11(7-22)16(21)10(14)2/h3-5,12,15,17H,6,8H2,1-2H3/t12-,15?,17?/m1/s1. The number of likely N-dealkylation sites (tertiary alicyclic amines) is 1. The predicted octanol–water partition coefficient (Wildman–Crippen LogP) is 2.25. The van der Waals surface area contributed by atoms with Gasteiger partial charge in [0.15, 0.2) is 5.69 Å². The van der Waals surface area contributed by atoms with Crippen molar-refractivity contribution in [1.82, 2.24) is 15.0 Å². The molecule has 9 nitrogen and oxygen atoms in total. The first-order chi connectivity index (χ1) is 14.3. The molecule has 3 fully saturated rings. The van der Waals surface area contributed by atoms with Crippen molar-refractivity contribution < 1.29 is 18.9 Å². The molecule has 0 saturated carbocycles. The molecule has 5 rings (SSSR count). The van der Waals surface area contributed by atoms with E-state index in [-0.39, 0.29) is 28.2 Å². The zero-order chi connectivity index (χ0) is 21.3. The summed E-state index contributed by atoms with van der Waals surface area (Å²) < 4.78 is 5.00. The van der Waals surface area contributed by atoms with Gasteiger partial charge in [-0.2, -0.15) is 5.26 Å². The number of carbonyl (C=O) groups excluding carboxylic acids is 3. The molecule has 0 spiro atoms. The second kappa shape index (κ2) is 6.31. The van der Waals surface area contributed by atoms with Gasteiger partial charge in [-0.25, -0.2) is 9.69 Å². The predicted molar refractivity (Wildman–Crippen MR) is 104 cm³/mol. The average molecular weight is 426 g/mol. The van der Waals surface area contributed by atoms with Crippen LogP contribution in [-0.4, -0.2) is 57.5 Å². The number of urea groups is 1. The third-order valence-corrected chi connectivity index (χ3v) is 6.58. The number of nitriles is 1. The molecule has 2 aromatic rings. The Morgan fingerprint density at radius 2 is 2.10 bits per heavy atom. The molecule has 3 aliphatic heterocycles. The Hall–Kier alpha value is -3.38. The molecule has 4 amide bonds. The Morgan fingerprint density at radius 1 is 1.33 bits per heavy atom. The van der Waals surface area contributed by atoms with Crippen LogP contribution in [0.25, 0.3) is 0 Å². The Labute approximate surface area is 176 Å². The Bertz CT molecular complexity index is 1170. The molecule has 4 heterocycles. The second-order valence-electron chi connectivity index (χ2n) is 7.73. The number of hydrogen-bond donors (Lipinski definition) is 0. The molecule has 2 bridgehead atoms. The van der Waals surface area contributed by atoms with Crippen LogP contribution in [0.2, 0.25) is 5.02 Å². The summed E-state index contributed by atoms with van der Waals surface area (Å²) in [7, 11) is 0. The van der Waals surface area contributed by atoms with E-state index in [2.05, 4.69) is 5.16 Å². The van der Waals surface area contributed by atoms with Gasteiger partial charge < -0.3 is 14.3 Å². The summed E-state index contributed by atoms with van der Waals surface area (Å²) in [6.45, 7) is 3.70. The smallest absolute Gasteiger partial charge is 0.332 e. The van der Waals surface area contributed by atoms with Gasteiger partial charge in [-0.3, -0.25) is 9.59 Å². The molecular weight excluding hydrogens is 410 g/mol. The van der Waals surface area contributed by atoms with E-state index in [0.29, 0.717) is 30.0 Å². The van der Waals surface area contributed by atoms with Crippen LogP contribution in [0.3, 0.4) is 0 Å². The van der Waals surface area contributed by atoms with E-state index in [4.69, 9.17) is 21.4 Å². The van der Waals surface area contributed by atoms with Gasteiger partial charge in [-0.15, -0.1) is 0 Å². The van der Waals surface area contributed by atoms with E-state index in [1.54, 1.807) is 35.8 Å². The molecule has 30 heavy (non-hydrogen) atoms. The highest BCUT2D eigenvalue weighted by Gasteiger charge is 2.63. The van der Waals surface area contributed by atoms with Crippen LogP contribution in [0, 0.1) is 25.2 Å². The van der Waals surface area contributed by atoms with Gasteiger partial charge in [-0.1, -0.05) is 16.8 Å². The topological polar surface area (TPSA) is 111 Å². The number of amides is 4. The molecule has 0 radical (unpaired) electrons. The summed E-state index contributed by atoms with van der Waals surface area (Å²) >= 11 is 6.24. The number of hydrogen-bond acceptors (Lipinski definition) is 6. The number of halogens is 1. The van der Waals surface area contributed by atoms with Crippen molar-refractivity contribution in [2.45, 2.75) is 38.4 Å². The minimum absolute atomic E-state index is 0.190. The molecule has 152 valence electrons. The Kier molecular flexibility index (Phi) is 3.92. The quantitative estimate of drug-likeness (QED) is 0.682. The van der Waals surface area contributed by atoms with Crippen molar-refractivity contribution in [3.8, 4) is 6.07 Å². The lowest BCUT2D eigenvalue weighted by Gasteiger charge is -2.34. The highest BCUT2D eigenvalue weighted by Crippen LogP contribution is 2.44. The third-order valence-electron chi connectivity index (χ3n) is 6.09. The molecule has 2 unspecified atom stereocenters. The monoisotopic (exact) mass is 425 g/mol. The number of imide groups is 1. The first kappa shape index (κ1) is 18.6. The van der Waals surface area contributed by atoms with Crippen LogP contribution in [0.15, 0.2) is 22.7 Å². The van der Waals surface area contributed by atoms with E-state index in [1.807, 2.05) is 6.07 Å². The van der Waals surface area contributed by atoms with Gasteiger partial charge in [0, 0.05) is 12.6 Å². The Balaban J connectivity index is 1.48. The summed E-state index contributed by atoms with van der Waals surface area (Å²) in [5, 5.41) is 13.1. The van der Waals surface area contributed by atoms with Gasteiger partial charge in [0.25, 0.3) is 11.8 Å². The van der Waals surface area contributed by atoms with Gasteiger partial charge in [0.05, 0.1) is 28.4 Å². The summed E-state index contributed by atoms with van der Waals surface area (Å²) in [4.78, 5) is 43.6. The molecule has 1 aromatic carbocycles. The summed E-state index contributed by atoms with van der Waals surface area (Å²) in [6.07, 6.45) is 0.547. The molecular formula is C20H16ClN5O4. The third kappa shape index (κ3) is 2.34. The Morgan fingerprint density at radius 3 is 2.77 bits per heavy atom.